The van der Waals surface area contributed by atoms with Crippen molar-refractivity contribution in [3.05, 3.63) is 35.7 Å². The van der Waals surface area contributed by atoms with Gasteiger partial charge < -0.3 is 4.74 Å². The zero-order chi connectivity index (χ0) is 9.84. The van der Waals surface area contributed by atoms with Gasteiger partial charge in [0.05, 0.1) is 17.8 Å². The molecule has 13 heavy (non-hydrogen) atoms. The number of benzene rings is 1. The summed E-state index contributed by atoms with van der Waals surface area (Å²) in [5.74, 6) is 0. The standard InChI is InChI=1S/C9H8ClNO2/c1-6-3-4-7(10)8(5-6)11-9(12)13-2/h1,3-5H,2H3,(H,11,12). The van der Waals surface area contributed by atoms with Crippen LogP contribution in [0.2, 0.25) is 5.02 Å². The molecule has 0 fully saturated rings. The SMILES string of the molecule is [CH]c1ccc(Cl)c(NC(=O)OC)c1. The molecule has 4 heteroatoms. The van der Waals surface area contributed by atoms with E-state index in [1.807, 2.05) is 0 Å². The van der Waals surface area contributed by atoms with Gasteiger partial charge in [0, 0.05) is 0 Å². The quantitative estimate of drug-likeness (QED) is 0.752. The van der Waals surface area contributed by atoms with E-state index in [4.69, 9.17) is 18.5 Å². The van der Waals surface area contributed by atoms with E-state index in [9.17, 15) is 4.79 Å². The Morgan fingerprint density at radius 2 is 2.31 bits per heavy atom. The van der Waals surface area contributed by atoms with E-state index in [0.29, 0.717) is 16.3 Å². The summed E-state index contributed by atoms with van der Waals surface area (Å²) in [6, 6.07) is 4.80. The smallest absolute Gasteiger partial charge is 0.411 e. The van der Waals surface area contributed by atoms with E-state index in [1.54, 1.807) is 18.2 Å². The molecule has 1 rings (SSSR count). The van der Waals surface area contributed by atoms with Crippen molar-refractivity contribution < 1.29 is 9.53 Å². The number of hydrogen-bond acceptors (Lipinski definition) is 2. The number of halogens is 1. The summed E-state index contributed by atoms with van der Waals surface area (Å²) < 4.78 is 4.40. The molecule has 0 spiro atoms. The molecule has 0 bridgehead atoms. The van der Waals surface area contributed by atoms with E-state index >= 15 is 0 Å². The molecule has 1 aromatic carbocycles. The predicted molar refractivity (Wildman–Crippen MR) is 50.9 cm³/mol. The maximum Gasteiger partial charge on any atom is 0.411 e. The molecule has 68 valence electrons. The van der Waals surface area contributed by atoms with E-state index < -0.39 is 6.09 Å². The predicted octanol–water partition coefficient (Wildman–Crippen LogP) is 2.58. The van der Waals surface area contributed by atoms with Crippen LogP contribution in [0.4, 0.5) is 10.5 Å². The highest BCUT2D eigenvalue weighted by Gasteiger charge is 2.04. The fraction of sp³-hybridized carbons (Fsp3) is 0.111. The Balaban J connectivity index is 2.87. The lowest BCUT2D eigenvalue weighted by atomic mass is 10.2. The van der Waals surface area contributed by atoms with Gasteiger partial charge in [-0.25, -0.2) is 4.79 Å². The minimum Gasteiger partial charge on any atom is -0.453 e. The summed E-state index contributed by atoms with van der Waals surface area (Å²) in [5.41, 5.74) is 0.962. The summed E-state index contributed by atoms with van der Waals surface area (Å²) in [5, 5.41) is 2.84. The molecule has 0 aliphatic rings. The molecule has 0 aliphatic carbocycles. The largest absolute Gasteiger partial charge is 0.453 e. The summed E-state index contributed by atoms with van der Waals surface area (Å²) >= 11 is 5.77. The molecule has 1 N–H and O–H groups in total. The second-order valence-corrected chi connectivity index (χ2v) is 2.76. The van der Waals surface area contributed by atoms with Crippen LogP contribution in [0, 0.1) is 6.92 Å². The second kappa shape index (κ2) is 4.14. The lowest BCUT2D eigenvalue weighted by Gasteiger charge is -2.05. The van der Waals surface area contributed by atoms with Crippen LogP contribution in [0.25, 0.3) is 0 Å². The van der Waals surface area contributed by atoms with Crippen LogP contribution < -0.4 is 5.32 Å². The van der Waals surface area contributed by atoms with Crippen LogP contribution >= 0.6 is 11.6 Å². The number of methoxy groups -OCH3 is 1. The van der Waals surface area contributed by atoms with E-state index in [0.717, 1.165) is 0 Å². The van der Waals surface area contributed by atoms with Gasteiger partial charge in [0.2, 0.25) is 0 Å². The highest BCUT2D eigenvalue weighted by atomic mass is 35.5. The van der Waals surface area contributed by atoms with Gasteiger partial charge in [-0.1, -0.05) is 17.7 Å². The van der Waals surface area contributed by atoms with Crippen LogP contribution in [0.5, 0.6) is 0 Å². The topological polar surface area (TPSA) is 38.3 Å². The first-order valence-electron chi connectivity index (χ1n) is 3.53. The van der Waals surface area contributed by atoms with Gasteiger partial charge >= 0.3 is 6.09 Å². The minimum atomic E-state index is -0.576. The third-order valence-electron chi connectivity index (χ3n) is 1.41. The Labute approximate surface area is 81.7 Å². The van der Waals surface area contributed by atoms with Gasteiger partial charge in [-0.15, -0.1) is 0 Å². The molecule has 0 unspecified atom stereocenters. The van der Waals surface area contributed by atoms with Gasteiger partial charge in [0.15, 0.2) is 0 Å². The number of carbonyl (C=O) groups excluding carboxylic acids is 1. The fourth-order valence-electron chi connectivity index (χ4n) is 0.800. The summed E-state index contributed by atoms with van der Waals surface area (Å²) in [6.07, 6.45) is -0.576. The Morgan fingerprint density at radius 1 is 1.62 bits per heavy atom. The van der Waals surface area contributed by atoms with Crippen LogP contribution in [0.1, 0.15) is 5.56 Å². The molecular formula is C9H8ClNO2. The zero-order valence-electron chi connectivity index (χ0n) is 7.00. The average Bonchev–Trinajstić information content (AvgIpc) is 2.11. The van der Waals surface area contributed by atoms with Gasteiger partial charge in [-0.3, -0.25) is 5.32 Å². The molecule has 0 saturated heterocycles. The zero-order valence-corrected chi connectivity index (χ0v) is 7.76. The normalized spacial score (nSPS) is 9.46. The van der Waals surface area contributed by atoms with Crippen molar-refractivity contribution in [1.29, 1.82) is 0 Å². The van der Waals surface area contributed by atoms with Crippen molar-refractivity contribution >= 4 is 23.4 Å². The maximum atomic E-state index is 10.8. The lowest BCUT2D eigenvalue weighted by Crippen LogP contribution is -2.11. The van der Waals surface area contributed by atoms with E-state index in [2.05, 4.69) is 10.1 Å². The Morgan fingerprint density at radius 3 is 2.92 bits per heavy atom. The Bertz CT molecular complexity index is 325. The first-order valence-corrected chi connectivity index (χ1v) is 3.91. The molecule has 0 heterocycles. The van der Waals surface area contributed by atoms with Gasteiger partial charge in [-0.2, -0.15) is 0 Å². The monoisotopic (exact) mass is 197 g/mol. The Hall–Kier alpha value is -1.22. The summed E-state index contributed by atoms with van der Waals surface area (Å²) in [7, 11) is 1.27. The van der Waals surface area contributed by atoms with Crippen LogP contribution in [-0.2, 0) is 4.74 Å². The molecule has 0 aromatic heterocycles. The summed E-state index contributed by atoms with van der Waals surface area (Å²) in [6.45, 7) is 5.49. The van der Waals surface area contributed by atoms with Gasteiger partial charge in [0.25, 0.3) is 0 Å². The maximum absolute atomic E-state index is 10.8. The third-order valence-corrected chi connectivity index (χ3v) is 1.74. The fourth-order valence-corrected chi connectivity index (χ4v) is 0.964. The molecule has 2 radical (unpaired) electrons. The molecule has 0 atom stereocenters. The number of carbonyl (C=O) groups is 1. The van der Waals surface area contributed by atoms with Crippen molar-refractivity contribution in [3.8, 4) is 0 Å². The molecule has 1 amide bonds. The first kappa shape index (κ1) is 9.86. The van der Waals surface area contributed by atoms with Gasteiger partial charge in [0.1, 0.15) is 0 Å². The second-order valence-electron chi connectivity index (χ2n) is 2.36. The van der Waals surface area contributed by atoms with Crippen LogP contribution in [0.15, 0.2) is 18.2 Å². The van der Waals surface area contributed by atoms with E-state index in [-0.39, 0.29) is 0 Å². The minimum absolute atomic E-state index is 0.416. The first-order chi connectivity index (χ1) is 6.13. The molecule has 3 nitrogen and oxygen atoms in total. The molecule has 0 saturated carbocycles. The van der Waals surface area contributed by atoms with Crippen molar-refractivity contribution in [2.24, 2.45) is 0 Å². The number of ether oxygens (including phenoxy) is 1. The van der Waals surface area contributed by atoms with Gasteiger partial charge in [-0.05, 0) is 24.6 Å². The number of anilines is 1. The number of rotatable bonds is 1. The van der Waals surface area contributed by atoms with Crippen LogP contribution in [0.3, 0.4) is 0 Å². The van der Waals surface area contributed by atoms with Crippen LogP contribution in [-0.4, -0.2) is 13.2 Å². The van der Waals surface area contributed by atoms with Crippen molar-refractivity contribution in [1.82, 2.24) is 0 Å². The lowest BCUT2D eigenvalue weighted by molar-refractivity contribution is 0.187. The van der Waals surface area contributed by atoms with Crippen molar-refractivity contribution in [3.63, 3.8) is 0 Å². The molecular weight excluding hydrogens is 190 g/mol. The number of amides is 1. The summed E-state index contributed by atoms with van der Waals surface area (Å²) in [4.78, 5) is 10.8. The highest BCUT2D eigenvalue weighted by Crippen LogP contribution is 2.22. The van der Waals surface area contributed by atoms with E-state index in [1.165, 1.54) is 7.11 Å². The number of hydrogen-bond donors (Lipinski definition) is 1. The average molecular weight is 198 g/mol. The number of nitrogens with one attached hydrogen (secondary N) is 1. The molecule has 0 aliphatic heterocycles. The van der Waals surface area contributed by atoms with Crippen molar-refractivity contribution in [2.45, 2.75) is 0 Å². The van der Waals surface area contributed by atoms with Crippen molar-refractivity contribution in [2.75, 3.05) is 12.4 Å². The third kappa shape index (κ3) is 2.63. The Kier molecular flexibility index (Phi) is 3.14. The highest BCUT2D eigenvalue weighted by molar-refractivity contribution is 6.33. The molecule has 1 aromatic rings.